The fraction of sp³-hybridized carbons (Fsp3) is 0.273. The average Bonchev–Trinajstić information content (AvgIpc) is 2.74. The third-order valence-electron chi connectivity index (χ3n) is 2.17. The highest BCUT2D eigenvalue weighted by Crippen LogP contribution is 2.20. The van der Waals surface area contributed by atoms with E-state index in [4.69, 9.17) is 14.9 Å². The van der Waals surface area contributed by atoms with Crippen LogP contribution >= 0.6 is 0 Å². The monoisotopic (exact) mass is 234 g/mol. The number of oxazole rings is 1. The molecule has 0 radical (unpaired) electrons. The van der Waals surface area contributed by atoms with E-state index < -0.39 is 0 Å². The summed E-state index contributed by atoms with van der Waals surface area (Å²) in [5.74, 6) is 2.45. The molecule has 0 fully saturated rings. The van der Waals surface area contributed by atoms with Crippen molar-refractivity contribution in [1.29, 1.82) is 0 Å². The van der Waals surface area contributed by atoms with Gasteiger partial charge in [-0.15, -0.1) is 0 Å². The van der Waals surface area contributed by atoms with Gasteiger partial charge in [-0.3, -0.25) is 0 Å². The zero-order valence-electron chi connectivity index (χ0n) is 9.73. The van der Waals surface area contributed by atoms with Crippen molar-refractivity contribution in [1.82, 2.24) is 9.97 Å². The first-order valence-corrected chi connectivity index (χ1v) is 5.14. The molecule has 0 unspecified atom stereocenters. The Morgan fingerprint density at radius 1 is 1.47 bits per heavy atom. The quantitative estimate of drug-likeness (QED) is 0.835. The second kappa shape index (κ2) is 4.73. The van der Waals surface area contributed by atoms with E-state index in [9.17, 15) is 0 Å². The summed E-state index contributed by atoms with van der Waals surface area (Å²) < 4.78 is 10.4. The van der Waals surface area contributed by atoms with E-state index in [1.54, 1.807) is 18.3 Å². The lowest BCUT2D eigenvalue weighted by molar-refractivity contribution is 0.400. The van der Waals surface area contributed by atoms with Crippen LogP contribution in [0.25, 0.3) is 0 Å². The van der Waals surface area contributed by atoms with Gasteiger partial charge in [-0.25, -0.2) is 4.98 Å². The van der Waals surface area contributed by atoms with Gasteiger partial charge in [-0.05, 0) is 19.1 Å². The van der Waals surface area contributed by atoms with Crippen LogP contribution in [0, 0.1) is 6.92 Å². The average molecular weight is 234 g/mol. The normalized spacial score (nSPS) is 10.2. The second-order valence-corrected chi connectivity index (χ2v) is 3.51. The number of methoxy groups -OCH3 is 1. The molecule has 6 nitrogen and oxygen atoms in total. The maximum absolute atomic E-state index is 5.66. The number of rotatable bonds is 4. The molecule has 3 N–H and O–H groups in total. The number of anilines is 2. The van der Waals surface area contributed by atoms with E-state index in [-0.39, 0.29) is 0 Å². The highest BCUT2D eigenvalue weighted by Gasteiger charge is 2.04. The highest BCUT2D eigenvalue weighted by molar-refractivity contribution is 5.53. The summed E-state index contributed by atoms with van der Waals surface area (Å²) >= 11 is 0. The van der Waals surface area contributed by atoms with Crippen molar-refractivity contribution in [2.24, 2.45) is 0 Å². The number of pyridine rings is 1. The summed E-state index contributed by atoms with van der Waals surface area (Å²) in [5.41, 5.74) is 6.17. The van der Waals surface area contributed by atoms with Gasteiger partial charge >= 0.3 is 0 Å². The summed E-state index contributed by atoms with van der Waals surface area (Å²) in [6.07, 6.45) is 1.67. The largest absolute Gasteiger partial charge is 0.479 e. The third kappa shape index (κ3) is 2.66. The Hall–Kier alpha value is -2.24. The maximum atomic E-state index is 5.66. The van der Waals surface area contributed by atoms with Crippen molar-refractivity contribution in [2.45, 2.75) is 13.5 Å². The topological polar surface area (TPSA) is 86.2 Å². The number of nitrogens with two attached hydrogens (primary N) is 1. The molecule has 6 heteroatoms. The molecule has 2 rings (SSSR count). The molecule has 2 heterocycles. The van der Waals surface area contributed by atoms with E-state index in [0.717, 1.165) is 5.76 Å². The van der Waals surface area contributed by atoms with Crippen molar-refractivity contribution < 1.29 is 9.15 Å². The Kier molecular flexibility index (Phi) is 3.13. The standard InChI is InChI=1S/C11H14N4O2/c1-7-5-14-10(17-7)6-13-9-4-3-8(12)11(15-9)16-2/h3-5H,6,12H2,1-2H3,(H,13,15). The van der Waals surface area contributed by atoms with Gasteiger partial charge in [0.1, 0.15) is 11.6 Å². The van der Waals surface area contributed by atoms with Gasteiger partial charge in [0.25, 0.3) is 0 Å². The smallest absolute Gasteiger partial charge is 0.238 e. The van der Waals surface area contributed by atoms with Crippen LogP contribution in [0.5, 0.6) is 5.88 Å². The molecule has 90 valence electrons. The number of ether oxygens (including phenoxy) is 1. The lowest BCUT2D eigenvalue weighted by Gasteiger charge is -2.07. The van der Waals surface area contributed by atoms with Crippen molar-refractivity contribution in [3.05, 3.63) is 30.0 Å². The zero-order chi connectivity index (χ0) is 12.3. The number of aromatic nitrogens is 2. The summed E-state index contributed by atoms with van der Waals surface area (Å²) in [4.78, 5) is 8.26. The highest BCUT2D eigenvalue weighted by atomic mass is 16.5. The summed E-state index contributed by atoms with van der Waals surface area (Å²) in [6.45, 7) is 2.31. The Morgan fingerprint density at radius 2 is 2.29 bits per heavy atom. The van der Waals surface area contributed by atoms with Crippen LogP contribution in [0.15, 0.2) is 22.7 Å². The molecule has 0 atom stereocenters. The molecule has 0 aliphatic heterocycles. The molecule has 17 heavy (non-hydrogen) atoms. The van der Waals surface area contributed by atoms with Gasteiger partial charge in [0.05, 0.1) is 25.5 Å². The van der Waals surface area contributed by atoms with Gasteiger partial charge in [-0.1, -0.05) is 0 Å². The molecule has 0 spiro atoms. The van der Waals surface area contributed by atoms with Crippen LogP contribution in [0.4, 0.5) is 11.5 Å². The minimum absolute atomic E-state index is 0.401. The Morgan fingerprint density at radius 3 is 2.94 bits per heavy atom. The molecule has 0 amide bonds. The summed E-state index contributed by atoms with van der Waals surface area (Å²) in [5, 5.41) is 3.07. The van der Waals surface area contributed by atoms with Crippen molar-refractivity contribution in [3.8, 4) is 5.88 Å². The van der Waals surface area contributed by atoms with Gasteiger partial charge in [0.2, 0.25) is 11.8 Å². The van der Waals surface area contributed by atoms with E-state index >= 15 is 0 Å². The minimum atomic E-state index is 0.401. The van der Waals surface area contributed by atoms with E-state index in [1.807, 2.05) is 6.92 Å². The van der Waals surface area contributed by atoms with Crippen molar-refractivity contribution in [3.63, 3.8) is 0 Å². The zero-order valence-corrected chi connectivity index (χ0v) is 9.73. The Bertz CT molecular complexity index is 510. The first-order chi connectivity index (χ1) is 8.19. The van der Waals surface area contributed by atoms with E-state index in [1.165, 1.54) is 7.11 Å². The van der Waals surface area contributed by atoms with Crippen molar-refractivity contribution >= 4 is 11.5 Å². The van der Waals surface area contributed by atoms with E-state index in [2.05, 4.69) is 15.3 Å². The second-order valence-electron chi connectivity index (χ2n) is 3.51. The van der Waals surface area contributed by atoms with Crippen LogP contribution in [0.1, 0.15) is 11.7 Å². The summed E-state index contributed by atoms with van der Waals surface area (Å²) in [7, 11) is 1.53. The number of nitrogen functional groups attached to an aromatic ring is 1. The lowest BCUT2D eigenvalue weighted by atomic mass is 10.4. The van der Waals surface area contributed by atoms with E-state index in [0.29, 0.717) is 29.8 Å². The summed E-state index contributed by atoms with van der Waals surface area (Å²) in [6, 6.07) is 3.50. The Balaban J connectivity index is 2.04. The predicted octanol–water partition coefficient (Wildman–Crippen LogP) is 1.58. The maximum Gasteiger partial charge on any atom is 0.238 e. The third-order valence-corrected chi connectivity index (χ3v) is 2.17. The fourth-order valence-corrected chi connectivity index (χ4v) is 1.36. The molecule has 0 aliphatic carbocycles. The molecular formula is C11H14N4O2. The van der Waals surface area contributed by atoms with Crippen LogP contribution in [0.2, 0.25) is 0 Å². The number of hydrogen-bond donors (Lipinski definition) is 2. The Labute approximate surface area is 98.8 Å². The SMILES string of the molecule is COc1nc(NCc2ncc(C)o2)ccc1N. The number of nitrogens with one attached hydrogen (secondary N) is 1. The molecular weight excluding hydrogens is 220 g/mol. The van der Waals surface area contributed by atoms with Gasteiger partial charge in [0, 0.05) is 0 Å². The minimum Gasteiger partial charge on any atom is -0.479 e. The van der Waals surface area contributed by atoms with Crippen LogP contribution < -0.4 is 15.8 Å². The van der Waals surface area contributed by atoms with Gasteiger partial charge in [0.15, 0.2) is 0 Å². The molecule has 0 aromatic carbocycles. The molecule has 2 aromatic rings. The molecule has 0 bridgehead atoms. The molecule has 0 saturated carbocycles. The van der Waals surface area contributed by atoms with Gasteiger partial charge in [-0.2, -0.15) is 4.98 Å². The molecule has 0 saturated heterocycles. The van der Waals surface area contributed by atoms with Crippen molar-refractivity contribution in [2.75, 3.05) is 18.2 Å². The first kappa shape index (κ1) is 11.3. The number of hydrogen-bond acceptors (Lipinski definition) is 6. The van der Waals surface area contributed by atoms with Crippen LogP contribution in [0.3, 0.4) is 0 Å². The van der Waals surface area contributed by atoms with Gasteiger partial charge < -0.3 is 20.2 Å². The predicted molar refractivity (Wildman–Crippen MR) is 63.8 cm³/mol. The molecule has 0 aliphatic rings. The number of nitrogens with zero attached hydrogens (tertiary/aromatic N) is 2. The van der Waals surface area contributed by atoms with Crippen LogP contribution in [-0.4, -0.2) is 17.1 Å². The fourth-order valence-electron chi connectivity index (χ4n) is 1.36. The number of aryl methyl sites for hydroxylation is 1. The molecule has 2 aromatic heterocycles. The first-order valence-electron chi connectivity index (χ1n) is 5.14. The van der Waals surface area contributed by atoms with Crippen LogP contribution in [-0.2, 0) is 6.54 Å². The lowest BCUT2D eigenvalue weighted by Crippen LogP contribution is -2.03.